The standard InChI is InChI=1S/C13H23N3O3/c17-12(3-6-14-4-1-2-5-14)16-9-7-15(8-10-16)11-13(18)19/h1-11H2,(H,18,19). The predicted octanol–water partition coefficient (Wildman–Crippen LogP) is -0.299. The Morgan fingerprint density at radius 2 is 1.53 bits per heavy atom. The minimum Gasteiger partial charge on any atom is -0.480 e. The molecule has 2 saturated heterocycles. The number of aliphatic carboxylic acids is 1. The minimum absolute atomic E-state index is 0.0792. The van der Waals surface area contributed by atoms with Gasteiger partial charge in [0.2, 0.25) is 5.91 Å². The van der Waals surface area contributed by atoms with Crippen LogP contribution in [0.3, 0.4) is 0 Å². The van der Waals surface area contributed by atoms with E-state index < -0.39 is 5.97 Å². The third-order valence-corrected chi connectivity index (χ3v) is 3.92. The second-order valence-electron chi connectivity index (χ2n) is 5.35. The molecule has 6 heteroatoms. The van der Waals surface area contributed by atoms with Crippen LogP contribution in [0.5, 0.6) is 0 Å². The Morgan fingerprint density at radius 3 is 2.11 bits per heavy atom. The lowest BCUT2D eigenvalue weighted by molar-refractivity contribution is -0.139. The summed E-state index contributed by atoms with van der Waals surface area (Å²) >= 11 is 0. The molecule has 2 heterocycles. The van der Waals surface area contributed by atoms with Crippen LogP contribution in [-0.2, 0) is 9.59 Å². The molecule has 0 aromatic heterocycles. The van der Waals surface area contributed by atoms with Crippen molar-refractivity contribution in [3.63, 3.8) is 0 Å². The van der Waals surface area contributed by atoms with Crippen LogP contribution in [0.1, 0.15) is 19.3 Å². The summed E-state index contributed by atoms with van der Waals surface area (Å²) in [5, 5.41) is 8.72. The van der Waals surface area contributed by atoms with Crippen LogP contribution >= 0.6 is 0 Å². The monoisotopic (exact) mass is 269 g/mol. The fraction of sp³-hybridized carbons (Fsp3) is 0.846. The van der Waals surface area contributed by atoms with Crippen molar-refractivity contribution in [1.29, 1.82) is 0 Å². The quantitative estimate of drug-likeness (QED) is 0.742. The van der Waals surface area contributed by atoms with Gasteiger partial charge in [-0.3, -0.25) is 14.5 Å². The number of carboxylic acid groups (broad SMARTS) is 1. The molecule has 6 nitrogen and oxygen atoms in total. The molecule has 2 aliphatic rings. The van der Waals surface area contributed by atoms with Gasteiger partial charge in [-0.2, -0.15) is 0 Å². The van der Waals surface area contributed by atoms with E-state index >= 15 is 0 Å². The van der Waals surface area contributed by atoms with Gasteiger partial charge in [-0.1, -0.05) is 0 Å². The minimum atomic E-state index is -0.797. The van der Waals surface area contributed by atoms with Crippen molar-refractivity contribution in [3.05, 3.63) is 0 Å². The second-order valence-corrected chi connectivity index (χ2v) is 5.35. The number of carbonyl (C=O) groups is 2. The van der Waals surface area contributed by atoms with Crippen molar-refractivity contribution in [2.45, 2.75) is 19.3 Å². The highest BCUT2D eigenvalue weighted by atomic mass is 16.4. The number of hydrogen-bond acceptors (Lipinski definition) is 4. The van der Waals surface area contributed by atoms with Gasteiger partial charge >= 0.3 is 5.97 Å². The SMILES string of the molecule is O=C(O)CN1CCN(C(=O)CCN2CCCC2)CC1. The van der Waals surface area contributed by atoms with Crippen LogP contribution in [-0.4, -0.2) is 84.0 Å². The van der Waals surface area contributed by atoms with Gasteiger partial charge in [0.15, 0.2) is 0 Å². The zero-order chi connectivity index (χ0) is 13.7. The largest absolute Gasteiger partial charge is 0.480 e. The van der Waals surface area contributed by atoms with E-state index in [0.717, 1.165) is 19.6 Å². The summed E-state index contributed by atoms with van der Waals surface area (Å²) in [4.78, 5) is 28.7. The highest BCUT2D eigenvalue weighted by molar-refractivity contribution is 5.76. The Morgan fingerprint density at radius 1 is 0.895 bits per heavy atom. The van der Waals surface area contributed by atoms with Crippen molar-refractivity contribution >= 4 is 11.9 Å². The molecule has 2 aliphatic heterocycles. The maximum absolute atomic E-state index is 12.0. The number of rotatable bonds is 5. The van der Waals surface area contributed by atoms with Crippen molar-refractivity contribution in [2.24, 2.45) is 0 Å². The molecule has 1 amide bonds. The Hall–Kier alpha value is -1.14. The van der Waals surface area contributed by atoms with Crippen molar-refractivity contribution in [2.75, 3.05) is 52.4 Å². The van der Waals surface area contributed by atoms with Crippen LogP contribution in [0.2, 0.25) is 0 Å². The normalized spacial score (nSPS) is 21.8. The number of carboxylic acids is 1. The number of likely N-dealkylation sites (tertiary alicyclic amines) is 1. The second kappa shape index (κ2) is 6.86. The molecule has 0 aliphatic carbocycles. The number of amides is 1. The van der Waals surface area contributed by atoms with Crippen molar-refractivity contribution < 1.29 is 14.7 Å². The fourth-order valence-corrected chi connectivity index (χ4v) is 2.76. The molecule has 0 atom stereocenters. The smallest absolute Gasteiger partial charge is 0.317 e. The first-order valence-electron chi connectivity index (χ1n) is 7.09. The van der Waals surface area contributed by atoms with Gasteiger partial charge in [0.05, 0.1) is 6.54 Å². The van der Waals surface area contributed by atoms with Gasteiger partial charge in [0.25, 0.3) is 0 Å². The highest BCUT2D eigenvalue weighted by Gasteiger charge is 2.22. The molecule has 1 N–H and O–H groups in total. The van der Waals surface area contributed by atoms with Crippen molar-refractivity contribution in [3.8, 4) is 0 Å². The van der Waals surface area contributed by atoms with E-state index in [0.29, 0.717) is 32.6 Å². The maximum atomic E-state index is 12.0. The molecule has 0 aromatic carbocycles. The molecule has 2 rings (SSSR count). The van der Waals surface area contributed by atoms with Gasteiger partial charge in [0, 0.05) is 39.1 Å². The van der Waals surface area contributed by atoms with Gasteiger partial charge in [-0.15, -0.1) is 0 Å². The van der Waals surface area contributed by atoms with E-state index in [-0.39, 0.29) is 12.5 Å². The summed E-state index contributed by atoms with van der Waals surface area (Å²) in [6.07, 6.45) is 3.10. The number of carbonyl (C=O) groups excluding carboxylic acids is 1. The molecular weight excluding hydrogens is 246 g/mol. The molecule has 0 aromatic rings. The average Bonchev–Trinajstić information content (AvgIpc) is 2.89. The molecule has 108 valence electrons. The van der Waals surface area contributed by atoms with Crippen LogP contribution in [0.25, 0.3) is 0 Å². The van der Waals surface area contributed by atoms with E-state index in [1.807, 2.05) is 9.80 Å². The first-order valence-corrected chi connectivity index (χ1v) is 7.09. The Labute approximate surface area is 114 Å². The highest BCUT2D eigenvalue weighted by Crippen LogP contribution is 2.09. The zero-order valence-electron chi connectivity index (χ0n) is 11.4. The number of piperazine rings is 1. The topological polar surface area (TPSA) is 64.1 Å². The summed E-state index contributed by atoms with van der Waals surface area (Å²) in [7, 11) is 0. The van der Waals surface area contributed by atoms with E-state index in [1.54, 1.807) is 0 Å². The van der Waals surface area contributed by atoms with Crippen LogP contribution in [0.4, 0.5) is 0 Å². The fourth-order valence-electron chi connectivity index (χ4n) is 2.76. The molecule has 19 heavy (non-hydrogen) atoms. The maximum Gasteiger partial charge on any atom is 0.317 e. The van der Waals surface area contributed by atoms with E-state index in [9.17, 15) is 9.59 Å². The lowest BCUT2D eigenvalue weighted by atomic mass is 10.2. The van der Waals surface area contributed by atoms with E-state index in [2.05, 4.69) is 4.90 Å². The average molecular weight is 269 g/mol. The summed E-state index contributed by atoms with van der Waals surface area (Å²) in [6.45, 7) is 5.85. The van der Waals surface area contributed by atoms with E-state index in [1.165, 1.54) is 12.8 Å². The summed E-state index contributed by atoms with van der Waals surface area (Å²) < 4.78 is 0. The summed E-state index contributed by atoms with van der Waals surface area (Å²) in [5.41, 5.74) is 0. The first kappa shape index (κ1) is 14.3. The molecule has 0 radical (unpaired) electrons. The molecule has 0 saturated carbocycles. The molecule has 2 fully saturated rings. The van der Waals surface area contributed by atoms with Crippen LogP contribution in [0.15, 0.2) is 0 Å². The van der Waals surface area contributed by atoms with Gasteiger partial charge in [-0.05, 0) is 25.9 Å². The van der Waals surface area contributed by atoms with Crippen molar-refractivity contribution in [1.82, 2.24) is 14.7 Å². The van der Waals surface area contributed by atoms with Crippen LogP contribution < -0.4 is 0 Å². The predicted molar refractivity (Wildman–Crippen MR) is 70.9 cm³/mol. The molecule has 0 bridgehead atoms. The lowest BCUT2D eigenvalue weighted by Gasteiger charge is -2.34. The Bertz CT molecular complexity index is 321. The number of nitrogens with zero attached hydrogens (tertiary/aromatic N) is 3. The third kappa shape index (κ3) is 4.47. The molecular formula is C13H23N3O3. The van der Waals surface area contributed by atoms with Gasteiger partial charge < -0.3 is 14.9 Å². The Balaban J connectivity index is 1.65. The summed E-state index contributed by atoms with van der Waals surface area (Å²) in [6, 6.07) is 0. The third-order valence-electron chi connectivity index (χ3n) is 3.92. The number of hydrogen-bond donors (Lipinski definition) is 1. The van der Waals surface area contributed by atoms with Crippen LogP contribution in [0, 0.1) is 0 Å². The molecule has 0 spiro atoms. The summed E-state index contributed by atoms with van der Waals surface area (Å²) in [5.74, 6) is -0.587. The van der Waals surface area contributed by atoms with E-state index in [4.69, 9.17) is 5.11 Å². The van der Waals surface area contributed by atoms with Gasteiger partial charge in [-0.25, -0.2) is 0 Å². The zero-order valence-corrected chi connectivity index (χ0v) is 11.4. The Kier molecular flexibility index (Phi) is 5.15. The lowest BCUT2D eigenvalue weighted by Crippen LogP contribution is -2.50. The first-order chi connectivity index (χ1) is 9.15. The molecule has 0 unspecified atom stereocenters. The van der Waals surface area contributed by atoms with Gasteiger partial charge in [0.1, 0.15) is 0 Å².